The summed E-state index contributed by atoms with van der Waals surface area (Å²) in [6.45, 7) is 9.39. The van der Waals surface area contributed by atoms with Crippen LogP contribution in [0.3, 0.4) is 0 Å². The Morgan fingerprint density at radius 2 is 1.52 bits per heavy atom. The van der Waals surface area contributed by atoms with Crippen molar-refractivity contribution < 1.29 is 24.2 Å². The first kappa shape index (κ1) is 25.3. The van der Waals surface area contributed by atoms with E-state index in [-0.39, 0.29) is 36.1 Å². The topological polar surface area (TPSA) is 99.2 Å². The van der Waals surface area contributed by atoms with Gasteiger partial charge in [0.05, 0.1) is 24.6 Å². The Balaban J connectivity index is 5.37. The Kier molecular flexibility index (Phi) is 10.5. The molecule has 158 valence electrons. The molecular formula is C19H37N3O5. The van der Waals surface area contributed by atoms with E-state index >= 15 is 0 Å². The Bertz CT molecular complexity index is 500. The van der Waals surface area contributed by atoms with Crippen LogP contribution in [0, 0.1) is 11.8 Å². The molecule has 8 heteroatoms. The number of nitrogens with one attached hydrogen (secondary N) is 1. The summed E-state index contributed by atoms with van der Waals surface area (Å²) in [5.74, 6) is -1.48. The minimum absolute atomic E-state index is 0.0907. The summed E-state index contributed by atoms with van der Waals surface area (Å²) in [6, 6.07) is -1.50. The zero-order valence-electron chi connectivity index (χ0n) is 18.1. The fraction of sp³-hybridized carbons (Fsp3) is 0.842. The van der Waals surface area contributed by atoms with Crippen LogP contribution in [0.2, 0.25) is 0 Å². The molecule has 0 aromatic rings. The summed E-state index contributed by atoms with van der Waals surface area (Å²) in [5.41, 5.74) is 0. The van der Waals surface area contributed by atoms with E-state index < -0.39 is 24.2 Å². The van der Waals surface area contributed by atoms with Crippen LogP contribution in [0.15, 0.2) is 0 Å². The van der Waals surface area contributed by atoms with Crippen molar-refractivity contribution in [2.24, 2.45) is 11.8 Å². The van der Waals surface area contributed by atoms with Crippen molar-refractivity contribution in [2.45, 2.75) is 65.3 Å². The number of carboxylic acid groups (broad SMARTS) is 1. The molecule has 0 bridgehead atoms. The van der Waals surface area contributed by atoms with Crippen molar-refractivity contribution in [2.75, 3.05) is 28.3 Å². The monoisotopic (exact) mass is 387 g/mol. The number of amides is 2. The second kappa shape index (κ2) is 11.2. The summed E-state index contributed by atoms with van der Waals surface area (Å²) in [7, 11) is 6.70. The number of carbonyl (C=O) groups excluding carboxylic acids is 2. The van der Waals surface area contributed by atoms with Crippen LogP contribution in [0.5, 0.6) is 0 Å². The van der Waals surface area contributed by atoms with E-state index in [0.29, 0.717) is 0 Å². The molecule has 0 fully saturated rings. The molecule has 0 saturated heterocycles. The minimum Gasteiger partial charge on any atom is -0.481 e. The number of methoxy groups -OCH3 is 1. The lowest BCUT2D eigenvalue weighted by molar-refractivity contribution is -0.146. The first-order chi connectivity index (χ1) is 12.3. The van der Waals surface area contributed by atoms with Gasteiger partial charge in [-0.1, -0.05) is 27.7 Å². The number of hydrogen-bond acceptors (Lipinski definition) is 5. The van der Waals surface area contributed by atoms with Gasteiger partial charge in [0, 0.05) is 14.2 Å². The maximum absolute atomic E-state index is 13.0. The summed E-state index contributed by atoms with van der Waals surface area (Å²) in [5, 5.41) is 11.9. The number of aliphatic carboxylic acids is 1. The summed E-state index contributed by atoms with van der Waals surface area (Å²) in [4.78, 5) is 40.1. The van der Waals surface area contributed by atoms with Crippen molar-refractivity contribution >= 4 is 17.8 Å². The van der Waals surface area contributed by atoms with Crippen LogP contribution < -0.4 is 5.32 Å². The predicted molar refractivity (Wildman–Crippen MR) is 104 cm³/mol. The molecule has 0 heterocycles. The third kappa shape index (κ3) is 7.46. The number of carboxylic acids is 1. The maximum atomic E-state index is 13.0. The number of carbonyl (C=O) groups is 3. The molecule has 0 unspecified atom stereocenters. The third-order valence-corrected chi connectivity index (χ3v) is 4.86. The van der Waals surface area contributed by atoms with E-state index in [1.54, 1.807) is 14.0 Å². The number of rotatable bonds is 11. The largest absolute Gasteiger partial charge is 0.481 e. The van der Waals surface area contributed by atoms with Crippen LogP contribution in [-0.2, 0) is 19.1 Å². The smallest absolute Gasteiger partial charge is 0.306 e. The molecule has 0 aliphatic carbocycles. The van der Waals surface area contributed by atoms with Crippen molar-refractivity contribution in [1.82, 2.24) is 15.1 Å². The fourth-order valence-electron chi connectivity index (χ4n) is 3.18. The molecule has 0 aliphatic heterocycles. The summed E-state index contributed by atoms with van der Waals surface area (Å²) in [6.07, 6.45) is -0.838. The van der Waals surface area contributed by atoms with Crippen molar-refractivity contribution in [3.8, 4) is 0 Å². The average molecular weight is 388 g/mol. The van der Waals surface area contributed by atoms with E-state index in [1.807, 2.05) is 46.7 Å². The maximum Gasteiger partial charge on any atom is 0.306 e. The highest BCUT2D eigenvalue weighted by atomic mass is 16.5. The van der Waals surface area contributed by atoms with Gasteiger partial charge in [-0.3, -0.25) is 19.3 Å². The van der Waals surface area contributed by atoms with Crippen LogP contribution in [0.4, 0.5) is 0 Å². The van der Waals surface area contributed by atoms with Crippen molar-refractivity contribution in [3.05, 3.63) is 0 Å². The molecule has 2 amide bonds. The first-order valence-electron chi connectivity index (χ1n) is 9.33. The highest BCUT2D eigenvalue weighted by Gasteiger charge is 2.35. The first-order valence-corrected chi connectivity index (χ1v) is 9.33. The molecule has 0 aromatic heterocycles. The number of nitrogens with zero attached hydrogens (tertiary/aromatic N) is 2. The Morgan fingerprint density at radius 3 is 1.85 bits per heavy atom. The van der Waals surface area contributed by atoms with Gasteiger partial charge in [0.25, 0.3) is 0 Å². The van der Waals surface area contributed by atoms with Crippen LogP contribution in [-0.4, -0.2) is 85.2 Å². The van der Waals surface area contributed by atoms with E-state index in [4.69, 9.17) is 9.84 Å². The van der Waals surface area contributed by atoms with Gasteiger partial charge >= 0.3 is 5.97 Å². The van der Waals surface area contributed by atoms with Gasteiger partial charge in [-0.05, 0) is 32.9 Å². The van der Waals surface area contributed by atoms with Gasteiger partial charge in [0.2, 0.25) is 11.8 Å². The lowest BCUT2D eigenvalue weighted by Crippen LogP contribution is -2.58. The minimum atomic E-state index is -0.992. The van der Waals surface area contributed by atoms with Crippen LogP contribution in [0.1, 0.15) is 41.0 Å². The molecule has 0 radical (unpaired) electrons. The fourth-order valence-corrected chi connectivity index (χ4v) is 3.18. The average Bonchev–Trinajstić information content (AvgIpc) is 2.54. The SMILES string of the molecule is CO[C@H](CC(=O)O)[C@H](C)N(C)C(=O)[C@@H](NC(=O)[C@H](C(C)C)N(C)C)C(C)C. The Morgan fingerprint density at radius 1 is 1.00 bits per heavy atom. The molecule has 0 aromatic carbocycles. The van der Waals surface area contributed by atoms with Crippen LogP contribution in [0.25, 0.3) is 0 Å². The van der Waals surface area contributed by atoms with Gasteiger partial charge < -0.3 is 20.1 Å². The van der Waals surface area contributed by atoms with E-state index in [9.17, 15) is 14.4 Å². The molecule has 0 aliphatic rings. The molecule has 8 nitrogen and oxygen atoms in total. The van der Waals surface area contributed by atoms with Gasteiger partial charge in [-0.25, -0.2) is 0 Å². The molecule has 2 N–H and O–H groups in total. The summed E-state index contributed by atoms with van der Waals surface area (Å²) < 4.78 is 5.25. The zero-order valence-corrected chi connectivity index (χ0v) is 18.1. The molecule has 0 spiro atoms. The second-order valence-electron chi connectivity index (χ2n) is 7.94. The Hall–Kier alpha value is -1.67. The van der Waals surface area contributed by atoms with E-state index in [1.165, 1.54) is 12.0 Å². The Labute approximate surface area is 163 Å². The van der Waals surface area contributed by atoms with E-state index in [2.05, 4.69) is 5.32 Å². The predicted octanol–water partition coefficient (Wildman–Crippen LogP) is 1.05. The van der Waals surface area contributed by atoms with Gasteiger partial charge in [-0.2, -0.15) is 0 Å². The molecular weight excluding hydrogens is 350 g/mol. The van der Waals surface area contributed by atoms with Gasteiger partial charge in [-0.15, -0.1) is 0 Å². The zero-order chi connectivity index (χ0) is 21.5. The standard InChI is InChI=1S/C19H37N3O5/c1-11(2)16(20-18(25)17(12(3)4)21(6)7)19(26)22(8)13(5)14(27-9)10-15(23)24/h11-14,16-17H,10H2,1-9H3,(H,20,25)(H,23,24)/t13-,14+,16-,17-/m0/s1. The lowest BCUT2D eigenvalue weighted by atomic mass is 9.98. The molecule has 0 saturated carbocycles. The summed E-state index contributed by atoms with van der Waals surface area (Å²) >= 11 is 0. The normalized spacial score (nSPS) is 16.1. The van der Waals surface area contributed by atoms with Crippen LogP contribution >= 0.6 is 0 Å². The number of ether oxygens (including phenoxy) is 1. The second-order valence-corrected chi connectivity index (χ2v) is 7.94. The van der Waals surface area contributed by atoms with E-state index in [0.717, 1.165) is 0 Å². The van der Waals surface area contributed by atoms with Gasteiger partial charge in [0.1, 0.15) is 6.04 Å². The van der Waals surface area contributed by atoms with Gasteiger partial charge in [0.15, 0.2) is 0 Å². The highest BCUT2D eigenvalue weighted by Crippen LogP contribution is 2.15. The molecule has 0 rings (SSSR count). The highest BCUT2D eigenvalue weighted by molar-refractivity contribution is 5.90. The number of likely N-dealkylation sites (N-methyl/N-ethyl adjacent to an activating group) is 2. The molecule has 27 heavy (non-hydrogen) atoms. The lowest BCUT2D eigenvalue weighted by Gasteiger charge is -2.35. The van der Waals surface area contributed by atoms with Crippen molar-refractivity contribution in [3.63, 3.8) is 0 Å². The third-order valence-electron chi connectivity index (χ3n) is 4.86. The number of hydrogen-bond donors (Lipinski definition) is 2. The van der Waals surface area contributed by atoms with Crippen molar-refractivity contribution in [1.29, 1.82) is 0 Å². The molecule has 4 atom stereocenters. The quantitative estimate of drug-likeness (QED) is 0.550.